The molecule has 0 bridgehead atoms. The van der Waals surface area contributed by atoms with E-state index in [1.807, 2.05) is 0 Å². The molecule has 18 heavy (non-hydrogen) atoms. The Labute approximate surface area is 109 Å². The van der Waals surface area contributed by atoms with Gasteiger partial charge in [-0.2, -0.15) is 0 Å². The van der Waals surface area contributed by atoms with E-state index in [1.54, 1.807) is 6.08 Å². The molecule has 1 rings (SSSR count). The van der Waals surface area contributed by atoms with Gasteiger partial charge in [-0.25, -0.2) is 0 Å². The van der Waals surface area contributed by atoms with E-state index in [0.717, 1.165) is 25.7 Å². The molecule has 0 aliphatic heterocycles. The molecular formula is C14H24N2O2. The third-order valence-corrected chi connectivity index (χ3v) is 3.53. The Balaban J connectivity index is 2.31. The van der Waals surface area contributed by atoms with Crippen molar-refractivity contribution in [2.45, 2.75) is 57.4 Å². The highest BCUT2D eigenvalue weighted by Crippen LogP contribution is 2.27. The Morgan fingerprint density at radius 2 is 2.06 bits per heavy atom. The summed E-state index contributed by atoms with van der Waals surface area (Å²) in [6, 6.07) is -0.529. The SMILES string of the molecule is C=CCCC[C@@H](NC(=O)CC1CCCC1)C(N)=O. The lowest BCUT2D eigenvalue weighted by Crippen LogP contribution is -2.44. The maximum absolute atomic E-state index is 11.8. The number of allylic oxidation sites excluding steroid dienone is 1. The molecule has 0 spiro atoms. The first kappa shape index (κ1) is 14.7. The minimum absolute atomic E-state index is 0.0377. The van der Waals surface area contributed by atoms with Crippen molar-refractivity contribution in [3.05, 3.63) is 12.7 Å². The van der Waals surface area contributed by atoms with Gasteiger partial charge in [-0.05, 0) is 38.0 Å². The number of carbonyl (C=O) groups excluding carboxylic acids is 2. The van der Waals surface area contributed by atoms with Gasteiger partial charge in [0.05, 0.1) is 0 Å². The summed E-state index contributed by atoms with van der Waals surface area (Å²) in [5.74, 6) is 0.00911. The van der Waals surface area contributed by atoms with Gasteiger partial charge in [-0.15, -0.1) is 6.58 Å². The van der Waals surface area contributed by atoms with Crippen molar-refractivity contribution in [1.82, 2.24) is 5.32 Å². The molecule has 0 radical (unpaired) electrons. The summed E-state index contributed by atoms with van der Waals surface area (Å²) in [6.07, 6.45) is 9.29. The minimum atomic E-state index is -0.529. The van der Waals surface area contributed by atoms with Crippen LogP contribution >= 0.6 is 0 Å². The number of hydrogen-bond acceptors (Lipinski definition) is 2. The molecule has 0 unspecified atom stereocenters. The average molecular weight is 252 g/mol. The Hall–Kier alpha value is -1.32. The van der Waals surface area contributed by atoms with Crippen LogP contribution in [0.25, 0.3) is 0 Å². The Morgan fingerprint density at radius 1 is 1.39 bits per heavy atom. The van der Waals surface area contributed by atoms with Gasteiger partial charge in [0.2, 0.25) is 11.8 Å². The summed E-state index contributed by atoms with van der Waals surface area (Å²) < 4.78 is 0. The van der Waals surface area contributed by atoms with Crippen molar-refractivity contribution in [3.8, 4) is 0 Å². The zero-order chi connectivity index (χ0) is 13.4. The molecule has 1 atom stereocenters. The molecule has 0 aromatic rings. The Morgan fingerprint density at radius 3 is 2.61 bits per heavy atom. The number of nitrogens with one attached hydrogen (secondary N) is 1. The fraction of sp³-hybridized carbons (Fsp3) is 0.714. The summed E-state index contributed by atoms with van der Waals surface area (Å²) >= 11 is 0. The topological polar surface area (TPSA) is 72.2 Å². The van der Waals surface area contributed by atoms with Crippen LogP contribution in [0.15, 0.2) is 12.7 Å². The predicted molar refractivity (Wildman–Crippen MR) is 71.7 cm³/mol. The maximum Gasteiger partial charge on any atom is 0.239 e. The van der Waals surface area contributed by atoms with Crippen LogP contribution in [-0.2, 0) is 9.59 Å². The molecular weight excluding hydrogens is 228 g/mol. The maximum atomic E-state index is 11.8. The minimum Gasteiger partial charge on any atom is -0.368 e. The third kappa shape index (κ3) is 5.34. The number of carbonyl (C=O) groups is 2. The van der Waals surface area contributed by atoms with E-state index in [4.69, 9.17) is 5.73 Å². The molecule has 0 saturated heterocycles. The second-order valence-corrected chi connectivity index (χ2v) is 5.10. The largest absolute Gasteiger partial charge is 0.368 e. The quantitative estimate of drug-likeness (QED) is 0.511. The van der Waals surface area contributed by atoms with E-state index >= 15 is 0 Å². The van der Waals surface area contributed by atoms with Crippen LogP contribution in [0.3, 0.4) is 0 Å². The molecule has 4 nitrogen and oxygen atoms in total. The second-order valence-electron chi connectivity index (χ2n) is 5.10. The predicted octanol–water partition coefficient (Wildman–Crippen LogP) is 1.89. The first-order valence-electron chi connectivity index (χ1n) is 6.83. The van der Waals surface area contributed by atoms with Gasteiger partial charge in [-0.1, -0.05) is 18.9 Å². The lowest BCUT2D eigenvalue weighted by Gasteiger charge is -2.16. The number of nitrogens with two attached hydrogens (primary N) is 1. The van der Waals surface area contributed by atoms with Crippen molar-refractivity contribution < 1.29 is 9.59 Å². The first-order valence-corrected chi connectivity index (χ1v) is 6.83. The van der Waals surface area contributed by atoms with Gasteiger partial charge in [0, 0.05) is 6.42 Å². The van der Waals surface area contributed by atoms with Crippen LogP contribution in [0, 0.1) is 5.92 Å². The van der Waals surface area contributed by atoms with Crippen molar-refractivity contribution >= 4 is 11.8 Å². The van der Waals surface area contributed by atoms with Gasteiger partial charge in [0.1, 0.15) is 6.04 Å². The number of hydrogen-bond donors (Lipinski definition) is 2. The highest BCUT2D eigenvalue weighted by molar-refractivity contribution is 5.86. The molecule has 1 fully saturated rings. The molecule has 4 heteroatoms. The molecule has 2 amide bonds. The fourth-order valence-electron chi connectivity index (χ4n) is 2.48. The lowest BCUT2D eigenvalue weighted by atomic mass is 10.0. The molecule has 1 saturated carbocycles. The molecule has 1 aliphatic carbocycles. The summed E-state index contributed by atoms with van der Waals surface area (Å²) in [6.45, 7) is 3.63. The number of amides is 2. The van der Waals surface area contributed by atoms with Crippen molar-refractivity contribution in [2.75, 3.05) is 0 Å². The summed E-state index contributed by atoms with van der Waals surface area (Å²) in [7, 11) is 0. The standard InChI is InChI=1S/C14H24N2O2/c1-2-3-4-9-12(14(15)18)16-13(17)10-11-7-5-6-8-11/h2,11-12H,1,3-10H2,(H2,15,18)(H,16,17)/t12-/m1/s1. The average Bonchev–Trinajstić information content (AvgIpc) is 2.80. The van der Waals surface area contributed by atoms with E-state index in [-0.39, 0.29) is 5.91 Å². The summed E-state index contributed by atoms with van der Waals surface area (Å²) in [5.41, 5.74) is 5.30. The molecule has 0 heterocycles. The van der Waals surface area contributed by atoms with Crippen molar-refractivity contribution in [3.63, 3.8) is 0 Å². The van der Waals surface area contributed by atoms with Crippen molar-refractivity contribution in [2.24, 2.45) is 11.7 Å². The summed E-state index contributed by atoms with van der Waals surface area (Å²) in [4.78, 5) is 23.1. The van der Waals surface area contributed by atoms with E-state index in [0.29, 0.717) is 18.8 Å². The third-order valence-electron chi connectivity index (χ3n) is 3.53. The Kier molecular flexibility index (Phi) is 6.47. The monoisotopic (exact) mass is 252 g/mol. The highest BCUT2D eigenvalue weighted by atomic mass is 16.2. The van der Waals surface area contributed by atoms with E-state index < -0.39 is 11.9 Å². The normalized spacial score (nSPS) is 17.3. The van der Waals surface area contributed by atoms with Crippen molar-refractivity contribution in [1.29, 1.82) is 0 Å². The first-order chi connectivity index (χ1) is 8.63. The van der Waals surface area contributed by atoms with E-state index in [1.165, 1.54) is 12.8 Å². The van der Waals surface area contributed by atoms with Gasteiger partial charge in [0.15, 0.2) is 0 Å². The van der Waals surface area contributed by atoms with E-state index in [9.17, 15) is 9.59 Å². The van der Waals surface area contributed by atoms with Crippen LogP contribution in [0.2, 0.25) is 0 Å². The van der Waals surface area contributed by atoms with Gasteiger partial charge >= 0.3 is 0 Å². The van der Waals surface area contributed by atoms with Crippen LogP contribution in [0.1, 0.15) is 51.4 Å². The molecule has 102 valence electrons. The summed E-state index contributed by atoms with van der Waals surface area (Å²) in [5, 5.41) is 2.75. The van der Waals surface area contributed by atoms with Gasteiger partial charge in [0.25, 0.3) is 0 Å². The number of unbranched alkanes of at least 4 members (excludes halogenated alkanes) is 1. The smallest absolute Gasteiger partial charge is 0.239 e. The lowest BCUT2D eigenvalue weighted by molar-refractivity contribution is -0.128. The zero-order valence-corrected chi connectivity index (χ0v) is 11.0. The van der Waals surface area contributed by atoms with Gasteiger partial charge < -0.3 is 11.1 Å². The number of primary amides is 1. The van der Waals surface area contributed by atoms with Crippen LogP contribution in [0.4, 0.5) is 0 Å². The molecule has 0 aromatic carbocycles. The van der Waals surface area contributed by atoms with E-state index in [2.05, 4.69) is 11.9 Å². The molecule has 3 N–H and O–H groups in total. The van der Waals surface area contributed by atoms with Crippen LogP contribution in [0.5, 0.6) is 0 Å². The number of rotatable bonds is 8. The highest BCUT2D eigenvalue weighted by Gasteiger charge is 2.22. The van der Waals surface area contributed by atoms with Crippen LogP contribution in [-0.4, -0.2) is 17.9 Å². The van der Waals surface area contributed by atoms with Crippen LogP contribution < -0.4 is 11.1 Å². The van der Waals surface area contributed by atoms with Gasteiger partial charge in [-0.3, -0.25) is 9.59 Å². The second kappa shape index (κ2) is 7.90. The zero-order valence-electron chi connectivity index (χ0n) is 11.0. The fourth-order valence-corrected chi connectivity index (χ4v) is 2.48. The Bertz CT molecular complexity index is 296. The molecule has 0 aromatic heterocycles. The molecule has 1 aliphatic rings.